The van der Waals surface area contributed by atoms with E-state index in [1.807, 2.05) is 18.8 Å². The van der Waals surface area contributed by atoms with Crippen molar-refractivity contribution in [3.8, 4) is 0 Å². The molecule has 1 aliphatic heterocycles. The van der Waals surface area contributed by atoms with Crippen LogP contribution in [0.1, 0.15) is 0 Å². The second kappa shape index (κ2) is 2.40. The van der Waals surface area contributed by atoms with E-state index in [4.69, 9.17) is 0 Å². The molecule has 2 nitrogen and oxygen atoms in total. The van der Waals surface area contributed by atoms with Crippen LogP contribution in [0.2, 0.25) is 0 Å². The standard InChI is InChI=1S/C5H10N2S/c1-6-5-7(2)3-4-8-5/h3-4H2,1-2H3. The molecule has 1 aliphatic rings. The lowest BCUT2D eigenvalue weighted by Crippen LogP contribution is -2.17. The fourth-order valence-electron chi connectivity index (χ4n) is 0.715. The lowest BCUT2D eigenvalue weighted by Gasteiger charge is -2.07. The summed E-state index contributed by atoms with van der Waals surface area (Å²) in [6.45, 7) is 1.15. The Morgan fingerprint density at radius 2 is 2.50 bits per heavy atom. The van der Waals surface area contributed by atoms with Gasteiger partial charge in [-0.2, -0.15) is 0 Å². The van der Waals surface area contributed by atoms with Crippen LogP contribution in [0.5, 0.6) is 0 Å². The van der Waals surface area contributed by atoms with Crippen molar-refractivity contribution >= 4 is 16.9 Å². The van der Waals surface area contributed by atoms with Crippen LogP contribution in [0.4, 0.5) is 0 Å². The van der Waals surface area contributed by atoms with E-state index in [0.29, 0.717) is 0 Å². The zero-order valence-corrected chi connectivity index (χ0v) is 6.03. The molecule has 0 amide bonds. The van der Waals surface area contributed by atoms with E-state index in [1.165, 1.54) is 10.9 Å². The number of rotatable bonds is 0. The molecule has 0 aromatic heterocycles. The molecule has 0 radical (unpaired) electrons. The van der Waals surface area contributed by atoms with Gasteiger partial charge in [0, 0.05) is 26.4 Å². The van der Waals surface area contributed by atoms with Gasteiger partial charge in [0.05, 0.1) is 0 Å². The van der Waals surface area contributed by atoms with Crippen LogP contribution in [0.25, 0.3) is 0 Å². The van der Waals surface area contributed by atoms with E-state index in [9.17, 15) is 0 Å². The highest BCUT2D eigenvalue weighted by Crippen LogP contribution is 2.14. The summed E-state index contributed by atoms with van der Waals surface area (Å²) in [5.41, 5.74) is 0. The van der Waals surface area contributed by atoms with Gasteiger partial charge in [-0.05, 0) is 0 Å². The van der Waals surface area contributed by atoms with Crippen molar-refractivity contribution in [2.24, 2.45) is 4.99 Å². The molecule has 1 rings (SSSR count). The molecule has 0 atom stereocenters. The molecule has 0 aromatic rings. The monoisotopic (exact) mass is 130 g/mol. The van der Waals surface area contributed by atoms with Crippen molar-refractivity contribution in [3.05, 3.63) is 0 Å². The summed E-state index contributed by atoms with van der Waals surface area (Å²) in [7, 11) is 3.91. The molecule has 1 heterocycles. The van der Waals surface area contributed by atoms with Gasteiger partial charge < -0.3 is 4.90 Å². The predicted molar refractivity (Wildman–Crippen MR) is 38.4 cm³/mol. The topological polar surface area (TPSA) is 15.6 Å². The minimum atomic E-state index is 1.15. The lowest BCUT2D eigenvalue weighted by molar-refractivity contribution is 0.562. The molecule has 0 N–H and O–H groups in total. The molecule has 0 unspecified atom stereocenters. The number of thioether (sulfide) groups is 1. The van der Waals surface area contributed by atoms with Gasteiger partial charge in [0.25, 0.3) is 0 Å². The van der Waals surface area contributed by atoms with Crippen molar-refractivity contribution in [2.45, 2.75) is 0 Å². The van der Waals surface area contributed by atoms with Gasteiger partial charge in [0.1, 0.15) is 0 Å². The van der Waals surface area contributed by atoms with E-state index >= 15 is 0 Å². The van der Waals surface area contributed by atoms with Gasteiger partial charge in [0.15, 0.2) is 5.17 Å². The van der Waals surface area contributed by atoms with Gasteiger partial charge in [0.2, 0.25) is 0 Å². The van der Waals surface area contributed by atoms with Gasteiger partial charge in [-0.25, -0.2) is 0 Å². The summed E-state index contributed by atoms with van der Waals surface area (Å²) in [6.07, 6.45) is 0. The maximum Gasteiger partial charge on any atom is 0.158 e. The normalized spacial score (nSPS) is 25.2. The number of hydrogen-bond donors (Lipinski definition) is 0. The van der Waals surface area contributed by atoms with E-state index in [0.717, 1.165) is 6.54 Å². The maximum absolute atomic E-state index is 4.07. The zero-order valence-electron chi connectivity index (χ0n) is 5.22. The van der Waals surface area contributed by atoms with Gasteiger partial charge in [-0.15, -0.1) is 0 Å². The highest BCUT2D eigenvalue weighted by atomic mass is 32.2. The Balaban J connectivity index is 2.55. The quantitative estimate of drug-likeness (QED) is 0.478. The van der Waals surface area contributed by atoms with Crippen LogP contribution in [-0.2, 0) is 0 Å². The largest absolute Gasteiger partial charge is 0.354 e. The second-order valence-electron chi connectivity index (χ2n) is 1.78. The average Bonchev–Trinajstić information content (AvgIpc) is 2.14. The summed E-state index contributed by atoms with van der Waals surface area (Å²) >= 11 is 1.83. The van der Waals surface area contributed by atoms with Crippen LogP contribution in [0.3, 0.4) is 0 Å². The minimum absolute atomic E-state index is 1.15. The third kappa shape index (κ3) is 0.968. The molecule has 0 bridgehead atoms. The molecule has 46 valence electrons. The van der Waals surface area contributed by atoms with E-state index < -0.39 is 0 Å². The minimum Gasteiger partial charge on any atom is -0.354 e. The first-order valence-electron chi connectivity index (χ1n) is 2.65. The summed E-state index contributed by atoms with van der Waals surface area (Å²) in [4.78, 5) is 6.25. The van der Waals surface area contributed by atoms with Crippen molar-refractivity contribution in [2.75, 3.05) is 26.4 Å². The molecular formula is C5H10N2S. The summed E-state index contributed by atoms with van der Waals surface area (Å²) in [5.74, 6) is 1.20. The highest BCUT2D eigenvalue weighted by Gasteiger charge is 2.12. The third-order valence-electron chi connectivity index (χ3n) is 1.18. The molecular weight excluding hydrogens is 120 g/mol. The Kier molecular flexibility index (Phi) is 1.78. The van der Waals surface area contributed by atoms with Crippen molar-refractivity contribution in [1.82, 2.24) is 4.90 Å². The van der Waals surface area contributed by atoms with Gasteiger partial charge >= 0.3 is 0 Å². The zero-order chi connectivity index (χ0) is 5.98. The summed E-state index contributed by atoms with van der Waals surface area (Å²) < 4.78 is 0. The van der Waals surface area contributed by atoms with Crippen LogP contribution >= 0.6 is 11.8 Å². The predicted octanol–water partition coefficient (Wildman–Crippen LogP) is 0.651. The summed E-state index contributed by atoms with van der Waals surface area (Å²) in [5, 5.41) is 1.17. The number of amidine groups is 1. The Hall–Kier alpha value is -0.180. The van der Waals surface area contributed by atoms with Crippen molar-refractivity contribution < 1.29 is 0 Å². The third-order valence-corrected chi connectivity index (χ3v) is 2.31. The fraction of sp³-hybridized carbons (Fsp3) is 0.800. The van der Waals surface area contributed by atoms with Crippen LogP contribution in [0.15, 0.2) is 4.99 Å². The van der Waals surface area contributed by atoms with Crippen LogP contribution in [-0.4, -0.2) is 36.5 Å². The molecule has 0 aromatic carbocycles. The van der Waals surface area contributed by atoms with E-state index in [2.05, 4.69) is 16.9 Å². The first kappa shape index (κ1) is 5.95. The van der Waals surface area contributed by atoms with Crippen molar-refractivity contribution in [3.63, 3.8) is 0 Å². The van der Waals surface area contributed by atoms with Crippen LogP contribution < -0.4 is 0 Å². The molecule has 1 fully saturated rings. The molecule has 0 aliphatic carbocycles. The average molecular weight is 130 g/mol. The van der Waals surface area contributed by atoms with Crippen LogP contribution in [0, 0.1) is 0 Å². The SMILES string of the molecule is CN=C1SCCN1C. The molecule has 0 saturated carbocycles. The fourth-order valence-corrected chi connectivity index (χ4v) is 1.70. The van der Waals surface area contributed by atoms with Gasteiger partial charge in [-0.3, -0.25) is 4.99 Å². The van der Waals surface area contributed by atoms with Gasteiger partial charge in [-0.1, -0.05) is 11.8 Å². The smallest absolute Gasteiger partial charge is 0.158 e. The molecule has 8 heavy (non-hydrogen) atoms. The Morgan fingerprint density at radius 3 is 2.75 bits per heavy atom. The molecule has 3 heteroatoms. The Morgan fingerprint density at radius 1 is 1.75 bits per heavy atom. The van der Waals surface area contributed by atoms with E-state index in [1.54, 1.807) is 0 Å². The first-order chi connectivity index (χ1) is 3.84. The van der Waals surface area contributed by atoms with Crippen molar-refractivity contribution in [1.29, 1.82) is 0 Å². The second-order valence-corrected chi connectivity index (χ2v) is 2.84. The Labute approximate surface area is 54.0 Å². The lowest BCUT2D eigenvalue weighted by atomic mass is 10.7. The maximum atomic E-state index is 4.07. The molecule has 0 spiro atoms. The van der Waals surface area contributed by atoms with E-state index in [-0.39, 0.29) is 0 Å². The highest BCUT2D eigenvalue weighted by molar-refractivity contribution is 8.14. The molecule has 1 saturated heterocycles. The number of hydrogen-bond acceptors (Lipinski definition) is 2. The Bertz CT molecular complexity index is 111. The number of nitrogens with zero attached hydrogens (tertiary/aromatic N) is 2. The summed E-state index contributed by atoms with van der Waals surface area (Å²) in [6, 6.07) is 0. The number of aliphatic imine (C=N–C) groups is 1. The first-order valence-corrected chi connectivity index (χ1v) is 3.64.